The lowest BCUT2D eigenvalue weighted by molar-refractivity contribution is 0.400. The van der Waals surface area contributed by atoms with Gasteiger partial charge < -0.3 is 9.88 Å². The van der Waals surface area contributed by atoms with Crippen molar-refractivity contribution in [2.45, 2.75) is 17.6 Å². The molecule has 0 atom stereocenters. The fourth-order valence-corrected chi connectivity index (χ4v) is 3.73. The number of hydrogen-bond acceptors (Lipinski definition) is 5. The van der Waals surface area contributed by atoms with E-state index in [1.807, 2.05) is 19.0 Å². The van der Waals surface area contributed by atoms with Crippen LogP contribution in [0.1, 0.15) is 12.1 Å². The van der Waals surface area contributed by atoms with Gasteiger partial charge in [0.05, 0.1) is 0 Å². The summed E-state index contributed by atoms with van der Waals surface area (Å²) in [5, 5.41) is 0. The summed E-state index contributed by atoms with van der Waals surface area (Å²) in [6, 6.07) is 0. The first kappa shape index (κ1) is 14.4. The molecule has 0 saturated heterocycles. The highest BCUT2D eigenvalue weighted by Gasteiger charge is 2.19. The topological polar surface area (TPSA) is 82.3 Å². The van der Waals surface area contributed by atoms with E-state index in [0.717, 1.165) is 13.0 Å². The number of aryl methyl sites for hydroxylation is 1. The molecule has 0 aliphatic carbocycles. The van der Waals surface area contributed by atoms with E-state index in [1.165, 1.54) is 0 Å². The zero-order chi connectivity index (χ0) is 13.1. The van der Waals surface area contributed by atoms with E-state index >= 15 is 0 Å². The molecular weight excluding hydrogens is 262 g/mol. The third-order valence-electron chi connectivity index (χ3n) is 2.10. The molecule has 1 aromatic heterocycles. The molecule has 0 bridgehead atoms. The minimum Gasteiger partial charge on any atom is -0.315 e. The van der Waals surface area contributed by atoms with Crippen LogP contribution < -0.4 is 9.60 Å². The van der Waals surface area contributed by atoms with Gasteiger partial charge in [0.2, 0.25) is 0 Å². The minimum atomic E-state index is -3.55. The van der Waals surface area contributed by atoms with Crippen LogP contribution >= 0.6 is 11.3 Å². The van der Waals surface area contributed by atoms with Crippen molar-refractivity contribution in [3.05, 3.63) is 15.4 Å². The van der Waals surface area contributed by atoms with Gasteiger partial charge in [0.15, 0.2) is 4.21 Å². The minimum absolute atomic E-state index is 0.0763. The highest BCUT2D eigenvalue weighted by molar-refractivity contribution is 7.91. The monoisotopic (exact) mass is 279 g/mol. The fourth-order valence-electron chi connectivity index (χ4n) is 1.31. The first-order chi connectivity index (χ1) is 7.83. The molecule has 2 N–H and O–H groups in total. The second-order valence-corrected chi connectivity index (χ2v) is 6.93. The summed E-state index contributed by atoms with van der Waals surface area (Å²) in [6.45, 7) is 2.75. The Morgan fingerprint density at radius 2 is 2.06 bits per heavy atom. The van der Waals surface area contributed by atoms with Crippen LogP contribution in [-0.2, 0) is 10.0 Å². The Bertz CT molecular complexity index is 516. The number of rotatable bonds is 6. The molecule has 0 amide bonds. The molecule has 1 rings (SSSR count). The standard InChI is InChI=1S/C9H17N3O3S2/c1-7-8(16-9(13)11-7)17(14,15)10-5-4-6-12(2)3/h10H,4-6H2,1-3H3,(H,11,13). The van der Waals surface area contributed by atoms with Crippen molar-refractivity contribution in [2.24, 2.45) is 0 Å². The van der Waals surface area contributed by atoms with Crippen molar-refractivity contribution < 1.29 is 8.42 Å². The lowest BCUT2D eigenvalue weighted by Gasteiger charge is -2.09. The van der Waals surface area contributed by atoms with Crippen molar-refractivity contribution >= 4 is 21.4 Å². The van der Waals surface area contributed by atoms with Crippen LogP contribution in [0, 0.1) is 6.92 Å². The highest BCUT2D eigenvalue weighted by atomic mass is 32.2. The van der Waals surface area contributed by atoms with Crippen LogP contribution in [0.3, 0.4) is 0 Å². The molecule has 98 valence electrons. The Kier molecular flexibility index (Phi) is 4.87. The Hall–Kier alpha value is -0.700. The lowest BCUT2D eigenvalue weighted by atomic mass is 10.4. The molecule has 8 heteroatoms. The smallest absolute Gasteiger partial charge is 0.305 e. The molecule has 0 radical (unpaired) electrons. The van der Waals surface area contributed by atoms with Crippen molar-refractivity contribution in [1.82, 2.24) is 14.6 Å². The largest absolute Gasteiger partial charge is 0.315 e. The Morgan fingerprint density at radius 3 is 2.53 bits per heavy atom. The predicted molar refractivity (Wildman–Crippen MR) is 68.0 cm³/mol. The van der Waals surface area contributed by atoms with Crippen LogP contribution in [0.2, 0.25) is 0 Å². The van der Waals surface area contributed by atoms with Crippen LogP contribution in [0.25, 0.3) is 0 Å². The molecule has 0 aliphatic heterocycles. The van der Waals surface area contributed by atoms with E-state index in [0.29, 0.717) is 23.6 Å². The first-order valence-corrected chi connectivity index (χ1v) is 7.47. The summed E-state index contributed by atoms with van der Waals surface area (Å²) in [6.07, 6.45) is 0.727. The molecule has 0 spiro atoms. The summed E-state index contributed by atoms with van der Waals surface area (Å²) in [5.74, 6) is 0. The van der Waals surface area contributed by atoms with Gasteiger partial charge in [-0.25, -0.2) is 13.1 Å². The summed E-state index contributed by atoms with van der Waals surface area (Å²) >= 11 is 0.714. The Morgan fingerprint density at radius 1 is 1.41 bits per heavy atom. The average molecular weight is 279 g/mol. The molecule has 0 aliphatic rings. The SMILES string of the molecule is Cc1[nH]c(=O)sc1S(=O)(=O)NCCCN(C)C. The maximum Gasteiger partial charge on any atom is 0.305 e. The third kappa shape index (κ3) is 4.23. The maximum absolute atomic E-state index is 11.8. The number of H-pyrrole nitrogens is 1. The van der Waals surface area contributed by atoms with Gasteiger partial charge in [-0.2, -0.15) is 0 Å². The maximum atomic E-state index is 11.8. The third-order valence-corrected chi connectivity index (χ3v) is 5.17. The van der Waals surface area contributed by atoms with E-state index in [4.69, 9.17) is 0 Å². The molecule has 1 aromatic rings. The van der Waals surface area contributed by atoms with Crippen molar-refractivity contribution in [1.29, 1.82) is 0 Å². The number of aromatic nitrogens is 1. The van der Waals surface area contributed by atoms with Gasteiger partial charge >= 0.3 is 4.87 Å². The number of thiazole rings is 1. The summed E-state index contributed by atoms with van der Waals surface area (Å²) in [5.41, 5.74) is 0.389. The van der Waals surface area contributed by atoms with E-state index in [-0.39, 0.29) is 9.08 Å². The second kappa shape index (κ2) is 5.76. The van der Waals surface area contributed by atoms with Crippen molar-refractivity contribution in [3.63, 3.8) is 0 Å². The molecule has 0 unspecified atom stereocenters. The highest BCUT2D eigenvalue weighted by Crippen LogP contribution is 2.14. The van der Waals surface area contributed by atoms with Crippen molar-refractivity contribution in [2.75, 3.05) is 27.2 Å². The number of nitrogens with zero attached hydrogens (tertiary/aromatic N) is 1. The second-order valence-electron chi connectivity index (χ2n) is 3.98. The molecule has 0 aromatic carbocycles. The van der Waals surface area contributed by atoms with Gasteiger partial charge in [-0.3, -0.25) is 4.79 Å². The quantitative estimate of drug-likeness (QED) is 0.717. The molecule has 1 heterocycles. The Balaban J connectivity index is 2.64. The van der Waals surface area contributed by atoms with Gasteiger partial charge in [0.1, 0.15) is 0 Å². The predicted octanol–water partition coefficient (Wildman–Crippen LogP) is -0.0252. The fraction of sp³-hybridized carbons (Fsp3) is 0.667. The molecule has 17 heavy (non-hydrogen) atoms. The van der Waals surface area contributed by atoms with Crippen molar-refractivity contribution in [3.8, 4) is 0 Å². The normalized spacial score (nSPS) is 12.2. The summed E-state index contributed by atoms with van der Waals surface area (Å²) in [7, 11) is 0.305. The molecule has 0 fully saturated rings. The van der Waals surface area contributed by atoms with Gasteiger partial charge in [0, 0.05) is 12.2 Å². The van der Waals surface area contributed by atoms with E-state index in [2.05, 4.69) is 9.71 Å². The van der Waals surface area contributed by atoms with Crippen LogP contribution in [0.15, 0.2) is 9.00 Å². The van der Waals surface area contributed by atoms with Gasteiger partial charge in [0.25, 0.3) is 10.0 Å². The Labute approximate surface area is 105 Å². The number of nitrogens with one attached hydrogen (secondary N) is 2. The van der Waals surface area contributed by atoms with Crippen LogP contribution in [0.5, 0.6) is 0 Å². The average Bonchev–Trinajstić information content (AvgIpc) is 2.53. The molecule has 6 nitrogen and oxygen atoms in total. The van der Waals surface area contributed by atoms with Gasteiger partial charge in [-0.05, 0) is 34.0 Å². The van der Waals surface area contributed by atoms with Crippen LogP contribution in [0.4, 0.5) is 0 Å². The zero-order valence-corrected chi connectivity index (χ0v) is 11.7. The van der Waals surface area contributed by atoms with Crippen LogP contribution in [-0.4, -0.2) is 45.5 Å². The molecular formula is C9H17N3O3S2. The molecule has 0 saturated carbocycles. The number of hydrogen-bond donors (Lipinski definition) is 2. The number of sulfonamides is 1. The summed E-state index contributed by atoms with van der Waals surface area (Å²) in [4.78, 5) is 15.1. The number of aromatic amines is 1. The van der Waals surface area contributed by atoms with E-state index < -0.39 is 10.0 Å². The lowest BCUT2D eigenvalue weighted by Crippen LogP contribution is -2.27. The van der Waals surface area contributed by atoms with E-state index in [9.17, 15) is 13.2 Å². The van der Waals surface area contributed by atoms with Gasteiger partial charge in [-0.15, -0.1) is 0 Å². The summed E-state index contributed by atoms with van der Waals surface area (Å²) < 4.78 is 26.2. The van der Waals surface area contributed by atoms with Gasteiger partial charge in [-0.1, -0.05) is 11.3 Å². The first-order valence-electron chi connectivity index (χ1n) is 5.17. The zero-order valence-electron chi connectivity index (χ0n) is 10.1. The van der Waals surface area contributed by atoms with E-state index in [1.54, 1.807) is 6.92 Å².